The molecule has 1 N–H and O–H groups in total. The second-order valence-electron chi connectivity index (χ2n) is 9.97. The molecule has 0 bridgehead atoms. The molecule has 0 spiro atoms. The second kappa shape index (κ2) is 13.0. The molecule has 0 aliphatic rings. The number of allylic oxidation sites excluding steroid dienone is 1. The molecular formula is C35H29F3NO2PS. The van der Waals surface area contributed by atoms with E-state index in [9.17, 15) is 21.6 Å². The van der Waals surface area contributed by atoms with Crippen LogP contribution in [0, 0.1) is 6.92 Å². The molecule has 1 atom stereocenters. The van der Waals surface area contributed by atoms with Crippen LogP contribution in [-0.4, -0.2) is 8.42 Å². The Labute approximate surface area is 251 Å². The lowest BCUT2D eigenvalue weighted by Crippen LogP contribution is -2.24. The molecule has 0 heterocycles. The summed E-state index contributed by atoms with van der Waals surface area (Å²) in [6.45, 7) is 1.88. The van der Waals surface area contributed by atoms with Gasteiger partial charge in [0.2, 0.25) is 0 Å². The average Bonchev–Trinajstić information content (AvgIpc) is 3.01. The van der Waals surface area contributed by atoms with E-state index in [1.54, 1.807) is 36.4 Å². The van der Waals surface area contributed by atoms with Gasteiger partial charge in [0.1, 0.15) is 0 Å². The van der Waals surface area contributed by atoms with Gasteiger partial charge in [0.25, 0.3) is 10.0 Å². The Kier molecular flexibility index (Phi) is 9.14. The molecule has 43 heavy (non-hydrogen) atoms. The number of hydrogen-bond acceptors (Lipinski definition) is 2. The first kappa shape index (κ1) is 30.3. The highest BCUT2D eigenvalue weighted by Gasteiger charge is 2.32. The zero-order valence-electron chi connectivity index (χ0n) is 23.2. The van der Waals surface area contributed by atoms with Crippen molar-refractivity contribution in [3.63, 3.8) is 0 Å². The zero-order valence-corrected chi connectivity index (χ0v) is 25.0. The van der Waals surface area contributed by atoms with Crippen LogP contribution in [0.3, 0.4) is 0 Å². The summed E-state index contributed by atoms with van der Waals surface area (Å²) < 4.78 is 70.7. The van der Waals surface area contributed by atoms with Crippen molar-refractivity contribution in [2.24, 2.45) is 0 Å². The van der Waals surface area contributed by atoms with Crippen LogP contribution >= 0.6 is 7.92 Å². The van der Waals surface area contributed by atoms with E-state index in [2.05, 4.69) is 4.72 Å². The van der Waals surface area contributed by atoms with Gasteiger partial charge in [-0.2, -0.15) is 13.2 Å². The molecule has 0 fully saturated rings. The minimum Gasteiger partial charge on any atom is -0.279 e. The van der Waals surface area contributed by atoms with Crippen molar-refractivity contribution in [2.45, 2.75) is 23.7 Å². The van der Waals surface area contributed by atoms with Crippen molar-refractivity contribution in [3.05, 3.63) is 168 Å². The monoisotopic (exact) mass is 615 g/mol. The zero-order chi connectivity index (χ0) is 30.5. The van der Waals surface area contributed by atoms with Crippen LogP contribution in [0.2, 0.25) is 0 Å². The van der Waals surface area contributed by atoms with Gasteiger partial charge in [0, 0.05) is 5.66 Å². The van der Waals surface area contributed by atoms with Crippen LogP contribution in [0.5, 0.6) is 0 Å². The van der Waals surface area contributed by atoms with Crippen LogP contribution in [-0.2, 0) is 16.2 Å². The molecule has 0 saturated heterocycles. The fourth-order valence-electron chi connectivity index (χ4n) is 4.72. The topological polar surface area (TPSA) is 46.2 Å². The summed E-state index contributed by atoms with van der Waals surface area (Å²) in [5.74, 6) is 0. The van der Waals surface area contributed by atoms with Crippen LogP contribution in [0.25, 0.3) is 5.70 Å². The van der Waals surface area contributed by atoms with E-state index in [-0.39, 0.29) is 4.90 Å². The number of aryl methyl sites for hydroxylation is 1. The number of benzene rings is 5. The summed E-state index contributed by atoms with van der Waals surface area (Å²) in [5, 5.41) is 2.00. The molecule has 0 radical (unpaired) electrons. The minimum absolute atomic E-state index is 0.111. The van der Waals surface area contributed by atoms with Crippen molar-refractivity contribution in [3.8, 4) is 0 Å². The van der Waals surface area contributed by atoms with E-state index in [1.165, 1.54) is 12.1 Å². The van der Waals surface area contributed by atoms with Gasteiger partial charge in [-0.25, -0.2) is 8.42 Å². The molecule has 0 aliphatic heterocycles. The Balaban J connectivity index is 1.72. The van der Waals surface area contributed by atoms with Crippen LogP contribution in [0.15, 0.2) is 150 Å². The maximum atomic E-state index is 13.6. The summed E-state index contributed by atoms with van der Waals surface area (Å²) in [5.41, 5.74) is 1.30. The molecule has 5 aromatic carbocycles. The Morgan fingerprint density at radius 1 is 0.698 bits per heavy atom. The van der Waals surface area contributed by atoms with Gasteiger partial charge in [-0.05, 0) is 66.9 Å². The third-order valence-corrected chi connectivity index (χ3v) is 11.0. The Hall–Kier alpha value is -4.19. The molecule has 218 valence electrons. The van der Waals surface area contributed by atoms with Gasteiger partial charge < -0.3 is 0 Å². The Bertz CT molecular complexity index is 1740. The van der Waals surface area contributed by atoms with Crippen LogP contribution < -0.4 is 15.3 Å². The third-order valence-electron chi connectivity index (χ3n) is 6.91. The minimum atomic E-state index is -4.48. The van der Waals surface area contributed by atoms with Gasteiger partial charge in [-0.15, -0.1) is 0 Å². The number of halogens is 3. The van der Waals surface area contributed by atoms with E-state index in [0.29, 0.717) is 16.8 Å². The van der Waals surface area contributed by atoms with Crippen LogP contribution in [0.4, 0.5) is 13.2 Å². The highest BCUT2D eigenvalue weighted by atomic mass is 32.2. The summed E-state index contributed by atoms with van der Waals surface area (Å²) >= 11 is 0. The molecule has 0 unspecified atom stereocenters. The van der Waals surface area contributed by atoms with Crippen molar-refractivity contribution < 1.29 is 21.6 Å². The lowest BCUT2D eigenvalue weighted by molar-refractivity contribution is -0.137. The smallest absolute Gasteiger partial charge is 0.279 e. The molecule has 0 saturated carbocycles. The highest BCUT2D eigenvalue weighted by molar-refractivity contribution is 7.89. The molecule has 5 rings (SSSR count). The van der Waals surface area contributed by atoms with Crippen molar-refractivity contribution >= 4 is 34.3 Å². The fraction of sp³-hybridized carbons (Fsp3) is 0.0857. The van der Waals surface area contributed by atoms with Crippen LogP contribution in [0.1, 0.15) is 27.9 Å². The summed E-state index contributed by atoms with van der Waals surface area (Å²) in [6, 6.07) is 40.3. The maximum Gasteiger partial charge on any atom is 0.416 e. The summed E-state index contributed by atoms with van der Waals surface area (Å²) in [6.07, 6.45) is -2.64. The predicted octanol–water partition coefficient (Wildman–Crippen LogP) is 8.21. The third kappa shape index (κ3) is 7.42. The van der Waals surface area contributed by atoms with Gasteiger partial charge in [0.15, 0.2) is 0 Å². The SMILES string of the molecule is Cc1ccc(S(=O)(=O)N/C(=C\[C@H](c2ccc(C(F)(F)F)cc2)P(c2ccccc2)c2ccccc2)c2ccccc2)cc1. The lowest BCUT2D eigenvalue weighted by atomic mass is 10.1. The molecule has 0 aliphatic carbocycles. The maximum absolute atomic E-state index is 13.6. The number of nitrogens with one attached hydrogen (secondary N) is 1. The van der Waals surface area contributed by atoms with Crippen molar-refractivity contribution in [1.29, 1.82) is 0 Å². The van der Waals surface area contributed by atoms with Gasteiger partial charge in [-0.1, -0.05) is 121 Å². The number of rotatable bonds is 9. The molecule has 0 amide bonds. The molecule has 0 aromatic heterocycles. The highest BCUT2D eigenvalue weighted by Crippen LogP contribution is 2.51. The predicted molar refractivity (Wildman–Crippen MR) is 169 cm³/mol. The summed E-state index contributed by atoms with van der Waals surface area (Å²) in [4.78, 5) is 0.111. The first-order valence-electron chi connectivity index (χ1n) is 13.5. The summed E-state index contributed by atoms with van der Waals surface area (Å²) in [7, 11) is -5.24. The number of hydrogen-bond donors (Lipinski definition) is 1. The number of sulfonamides is 1. The Morgan fingerprint density at radius 2 is 1.19 bits per heavy atom. The van der Waals surface area contributed by atoms with E-state index < -0.39 is 35.3 Å². The normalized spacial score (nSPS) is 13.1. The largest absolute Gasteiger partial charge is 0.416 e. The fourth-order valence-corrected chi connectivity index (χ4v) is 8.51. The number of alkyl halides is 3. The Morgan fingerprint density at radius 3 is 1.67 bits per heavy atom. The quantitative estimate of drug-likeness (QED) is 0.170. The van der Waals surface area contributed by atoms with E-state index in [1.807, 2.05) is 91.9 Å². The van der Waals surface area contributed by atoms with E-state index in [4.69, 9.17) is 0 Å². The molecular weight excluding hydrogens is 586 g/mol. The first-order chi connectivity index (χ1) is 20.6. The van der Waals surface area contributed by atoms with E-state index >= 15 is 0 Å². The first-order valence-corrected chi connectivity index (χ1v) is 16.4. The van der Waals surface area contributed by atoms with E-state index in [0.717, 1.165) is 28.3 Å². The average molecular weight is 616 g/mol. The lowest BCUT2D eigenvalue weighted by Gasteiger charge is -2.28. The van der Waals surface area contributed by atoms with Crippen molar-refractivity contribution in [2.75, 3.05) is 0 Å². The standard InChI is InChI=1S/C35H29F3NO2PS/c1-26-17-23-32(24-18-26)43(40,41)39-33(27-11-5-2-6-12-27)25-34(28-19-21-29(22-20-28)35(36,37)38)42(30-13-7-3-8-14-30)31-15-9-4-10-16-31/h2-25,34,39H,1H3/b33-25-/t34-/m1/s1. The van der Waals surface area contributed by atoms with Gasteiger partial charge >= 0.3 is 6.18 Å². The molecule has 3 nitrogen and oxygen atoms in total. The van der Waals surface area contributed by atoms with Gasteiger partial charge in [0.05, 0.1) is 16.2 Å². The van der Waals surface area contributed by atoms with Crippen molar-refractivity contribution in [1.82, 2.24) is 4.72 Å². The van der Waals surface area contributed by atoms with Gasteiger partial charge in [-0.3, -0.25) is 4.72 Å². The molecule has 8 heteroatoms. The molecule has 5 aromatic rings. The second-order valence-corrected chi connectivity index (χ2v) is 14.0.